The van der Waals surface area contributed by atoms with Gasteiger partial charge in [0.2, 0.25) is 0 Å². The fraction of sp³-hybridized carbons (Fsp3) is 0.750. The summed E-state index contributed by atoms with van der Waals surface area (Å²) in [6, 6.07) is 2.35. The van der Waals surface area contributed by atoms with Crippen LogP contribution in [0.4, 0.5) is 0 Å². The molecule has 1 rings (SSSR count). The normalized spacial score (nSPS) is 11.8. The lowest BCUT2D eigenvalue weighted by atomic mass is 10.2. The third-order valence-corrected chi connectivity index (χ3v) is 4.25. The summed E-state index contributed by atoms with van der Waals surface area (Å²) in [5, 5.41) is 3.47. The second kappa shape index (κ2) is 9.50. The minimum absolute atomic E-state index is 0.322. The number of nitrogens with one attached hydrogen (secondary N) is 1. The molecule has 0 aliphatic heterocycles. The molecule has 1 heterocycles. The van der Waals surface area contributed by atoms with Gasteiger partial charge in [0, 0.05) is 29.4 Å². The molecule has 0 amide bonds. The van der Waals surface area contributed by atoms with E-state index >= 15 is 0 Å². The average molecular weight is 298 g/mol. The zero-order valence-electron chi connectivity index (χ0n) is 13.7. The van der Waals surface area contributed by atoms with Crippen LogP contribution in [0.15, 0.2) is 6.07 Å². The molecule has 1 aromatic rings. The summed E-state index contributed by atoms with van der Waals surface area (Å²) in [5.41, 5.74) is 1.45. The van der Waals surface area contributed by atoms with Gasteiger partial charge in [-0.1, -0.05) is 6.92 Å². The number of rotatable bonds is 10. The Hall–Kier alpha value is -0.420. The number of nitrogens with zero attached hydrogens (tertiary/aromatic N) is 1. The Balaban J connectivity index is 2.38. The summed E-state index contributed by atoms with van der Waals surface area (Å²) in [6.07, 6.45) is 1.51. The molecular formula is C16H30N2OS. The van der Waals surface area contributed by atoms with Gasteiger partial charge in [-0.3, -0.25) is 4.90 Å². The fourth-order valence-electron chi connectivity index (χ4n) is 2.03. The van der Waals surface area contributed by atoms with E-state index in [1.807, 2.05) is 11.3 Å². The van der Waals surface area contributed by atoms with E-state index in [0.29, 0.717) is 6.10 Å². The van der Waals surface area contributed by atoms with Crippen LogP contribution in [-0.4, -0.2) is 37.7 Å². The van der Waals surface area contributed by atoms with Crippen LogP contribution >= 0.6 is 11.3 Å². The molecule has 0 bridgehead atoms. The average Bonchev–Trinajstić information content (AvgIpc) is 2.70. The zero-order chi connectivity index (χ0) is 15.0. The summed E-state index contributed by atoms with van der Waals surface area (Å²) in [6.45, 7) is 13.5. The van der Waals surface area contributed by atoms with Crippen molar-refractivity contribution in [2.24, 2.45) is 0 Å². The molecule has 0 saturated carbocycles. The van der Waals surface area contributed by atoms with Gasteiger partial charge in [-0.05, 0) is 52.4 Å². The van der Waals surface area contributed by atoms with Crippen molar-refractivity contribution in [3.8, 4) is 0 Å². The van der Waals surface area contributed by atoms with Crippen molar-refractivity contribution < 1.29 is 4.74 Å². The van der Waals surface area contributed by atoms with Crippen LogP contribution < -0.4 is 5.32 Å². The maximum Gasteiger partial charge on any atom is 0.0596 e. The van der Waals surface area contributed by atoms with Crippen molar-refractivity contribution in [1.29, 1.82) is 0 Å². The van der Waals surface area contributed by atoms with E-state index in [1.165, 1.54) is 21.7 Å². The molecule has 0 aromatic carbocycles. The zero-order valence-corrected chi connectivity index (χ0v) is 14.5. The van der Waals surface area contributed by atoms with Gasteiger partial charge in [-0.15, -0.1) is 11.3 Å². The first-order valence-corrected chi connectivity index (χ1v) is 8.43. The monoisotopic (exact) mass is 298 g/mol. The van der Waals surface area contributed by atoms with Crippen molar-refractivity contribution in [3.05, 3.63) is 21.4 Å². The Labute approximate surface area is 128 Å². The van der Waals surface area contributed by atoms with Crippen molar-refractivity contribution in [3.63, 3.8) is 0 Å². The number of thiophene rings is 1. The molecule has 0 radical (unpaired) electrons. The third-order valence-electron chi connectivity index (χ3n) is 3.16. The maximum atomic E-state index is 5.60. The van der Waals surface area contributed by atoms with E-state index < -0.39 is 0 Å². The molecule has 20 heavy (non-hydrogen) atoms. The second-order valence-electron chi connectivity index (χ2n) is 5.63. The number of ether oxygens (including phenoxy) is 1. The van der Waals surface area contributed by atoms with Crippen LogP contribution in [0.5, 0.6) is 0 Å². The van der Waals surface area contributed by atoms with Crippen molar-refractivity contribution >= 4 is 11.3 Å². The standard InChI is InChI=1S/C16H30N2OS/c1-6-7-17-11-16-10-15(14(4)20-16)12-18(5)8-9-19-13(2)3/h10,13,17H,6-9,11-12H2,1-5H3. The van der Waals surface area contributed by atoms with E-state index in [4.69, 9.17) is 4.74 Å². The summed E-state index contributed by atoms with van der Waals surface area (Å²) in [7, 11) is 2.16. The topological polar surface area (TPSA) is 24.5 Å². The molecule has 1 N–H and O–H groups in total. The Bertz CT molecular complexity index is 377. The lowest BCUT2D eigenvalue weighted by Crippen LogP contribution is -2.24. The lowest BCUT2D eigenvalue weighted by Gasteiger charge is -2.17. The molecule has 1 aromatic heterocycles. The van der Waals surface area contributed by atoms with E-state index in [0.717, 1.165) is 32.8 Å². The van der Waals surface area contributed by atoms with Gasteiger partial charge in [0.25, 0.3) is 0 Å². The smallest absolute Gasteiger partial charge is 0.0596 e. The molecule has 0 unspecified atom stereocenters. The minimum Gasteiger partial charge on any atom is -0.377 e. The van der Waals surface area contributed by atoms with E-state index in [9.17, 15) is 0 Å². The van der Waals surface area contributed by atoms with Crippen LogP contribution in [0, 0.1) is 6.92 Å². The van der Waals surface area contributed by atoms with Crippen LogP contribution in [0.1, 0.15) is 42.5 Å². The number of hydrogen-bond acceptors (Lipinski definition) is 4. The highest BCUT2D eigenvalue weighted by Gasteiger charge is 2.08. The van der Waals surface area contributed by atoms with Gasteiger partial charge in [0.1, 0.15) is 0 Å². The second-order valence-corrected chi connectivity index (χ2v) is 6.97. The predicted molar refractivity (Wildman–Crippen MR) is 88.5 cm³/mol. The highest BCUT2D eigenvalue weighted by Crippen LogP contribution is 2.22. The van der Waals surface area contributed by atoms with Gasteiger partial charge >= 0.3 is 0 Å². The molecule has 0 saturated heterocycles. The first-order chi connectivity index (χ1) is 9.52. The molecule has 0 aliphatic carbocycles. The van der Waals surface area contributed by atoms with E-state index in [2.05, 4.69) is 51.0 Å². The largest absolute Gasteiger partial charge is 0.377 e. The molecule has 3 nitrogen and oxygen atoms in total. The van der Waals surface area contributed by atoms with Gasteiger partial charge in [-0.25, -0.2) is 0 Å². The Morgan fingerprint density at radius 1 is 1.40 bits per heavy atom. The van der Waals surface area contributed by atoms with Crippen molar-refractivity contribution in [2.45, 2.75) is 53.3 Å². The van der Waals surface area contributed by atoms with Gasteiger partial charge in [-0.2, -0.15) is 0 Å². The lowest BCUT2D eigenvalue weighted by molar-refractivity contribution is 0.0627. The van der Waals surface area contributed by atoms with Crippen molar-refractivity contribution in [1.82, 2.24) is 10.2 Å². The van der Waals surface area contributed by atoms with E-state index in [1.54, 1.807) is 0 Å². The molecule has 4 heteroatoms. The van der Waals surface area contributed by atoms with Gasteiger partial charge in [0.05, 0.1) is 12.7 Å². The van der Waals surface area contributed by atoms with Crippen LogP contribution in [0.25, 0.3) is 0 Å². The van der Waals surface area contributed by atoms with E-state index in [-0.39, 0.29) is 0 Å². The number of likely N-dealkylation sites (N-methyl/N-ethyl adjacent to an activating group) is 1. The summed E-state index contributed by atoms with van der Waals surface area (Å²) >= 11 is 1.92. The maximum absolute atomic E-state index is 5.60. The molecular weight excluding hydrogens is 268 g/mol. The predicted octanol–water partition coefficient (Wildman–Crippen LogP) is 3.41. The van der Waals surface area contributed by atoms with Crippen LogP contribution in [-0.2, 0) is 17.8 Å². The quantitative estimate of drug-likeness (QED) is 0.670. The Morgan fingerprint density at radius 2 is 2.15 bits per heavy atom. The van der Waals surface area contributed by atoms with Crippen LogP contribution in [0.2, 0.25) is 0 Å². The molecule has 0 aliphatic rings. The molecule has 116 valence electrons. The number of hydrogen-bond donors (Lipinski definition) is 1. The first kappa shape index (κ1) is 17.6. The highest BCUT2D eigenvalue weighted by molar-refractivity contribution is 7.12. The SMILES string of the molecule is CCCNCc1cc(CN(C)CCOC(C)C)c(C)s1. The van der Waals surface area contributed by atoms with Crippen molar-refractivity contribution in [2.75, 3.05) is 26.7 Å². The van der Waals surface area contributed by atoms with Gasteiger partial charge < -0.3 is 10.1 Å². The molecule has 0 atom stereocenters. The number of aryl methyl sites for hydroxylation is 1. The fourth-order valence-corrected chi connectivity index (χ4v) is 3.06. The minimum atomic E-state index is 0.322. The first-order valence-electron chi connectivity index (χ1n) is 7.62. The molecule has 0 spiro atoms. The van der Waals surface area contributed by atoms with Gasteiger partial charge in [0.15, 0.2) is 0 Å². The Kier molecular flexibility index (Phi) is 8.38. The summed E-state index contributed by atoms with van der Waals surface area (Å²) < 4.78 is 5.60. The van der Waals surface area contributed by atoms with Crippen LogP contribution in [0.3, 0.4) is 0 Å². The highest BCUT2D eigenvalue weighted by atomic mass is 32.1. The summed E-state index contributed by atoms with van der Waals surface area (Å²) in [5.74, 6) is 0. The third kappa shape index (κ3) is 6.84. The Morgan fingerprint density at radius 3 is 2.80 bits per heavy atom. The summed E-state index contributed by atoms with van der Waals surface area (Å²) in [4.78, 5) is 5.22. The molecule has 0 fully saturated rings.